The van der Waals surface area contributed by atoms with Crippen molar-refractivity contribution in [2.24, 2.45) is 0 Å². The molecule has 2 aromatic heterocycles. The summed E-state index contributed by atoms with van der Waals surface area (Å²) < 4.78 is 6.83. The summed E-state index contributed by atoms with van der Waals surface area (Å²) >= 11 is 3.00. The number of ether oxygens (including phenoxy) is 1. The lowest BCUT2D eigenvalue weighted by atomic mass is 10.1. The number of amides is 1. The van der Waals surface area contributed by atoms with Crippen molar-refractivity contribution in [1.29, 1.82) is 0 Å². The van der Waals surface area contributed by atoms with Crippen LogP contribution in [0.15, 0.2) is 40.0 Å². The van der Waals surface area contributed by atoms with Crippen molar-refractivity contribution in [3.8, 4) is 0 Å². The molecule has 10 heteroatoms. The molecule has 0 bridgehead atoms. The molecule has 1 aromatic carbocycles. The second-order valence-corrected chi connectivity index (χ2v) is 8.33. The largest absolute Gasteiger partial charge is 0.378 e. The Morgan fingerprint density at radius 3 is 2.76 bits per heavy atom. The molecule has 0 atom stereocenters. The fourth-order valence-corrected chi connectivity index (χ4v) is 4.42. The second kappa shape index (κ2) is 8.93. The van der Waals surface area contributed by atoms with Gasteiger partial charge in [-0.05, 0) is 30.4 Å². The van der Waals surface area contributed by atoms with E-state index in [2.05, 4.69) is 44.6 Å². The predicted octanol–water partition coefficient (Wildman–Crippen LogP) is 1.68. The molecule has 29 heavy (non-hydrogen) atoms. The number of rotatable bonds is 6. The fraction of sp³-hybridized carbons (Fsp3) is 0.368. The fourth-order valence-electron chi connectivity index (χ4n) is 3.05. The molecule has 8 nitrogen and oxygen atoms in total. The van der Waals surface area contributed by atoms with E-state index < -0.39 is 5.56 Å². The third-order valence-corrected chi connectivity index (χ3v) is 6.33. The second-order valence-electron chi connectivity index (χ2n) is 6.51. The molecule has 1 aliphatic rings. The summed E-state index contributed by atoms with van der Waals surface area (Å²) in [5.74, 6) is -0.334. The van der Waals surface area contributed by atoms with Gasteiger partial charge in [0.05, 0.1) is 13.2 Å². The van der Waals surface area contributed by atoms with E-state index in [1.54, 1.807) is 11.8 Å². The molecule has 0 unspecified atom stereocenters. The van der Waals surface area contributed by atoms with Crippen LogP contribution in [0.1, 0.15) is 16.1 Å². The molecular formula is C19H21N5O3S2. The summed E-state index contributed by atoms with van der Waals surface area (Å²) in [6.07, 6.45) is 2.75. The first-order valence-electron chi connectivity index (χ1n) is 9.29. The van der Waals surface area contributed by atoms with Crippen LogP contribution in [-0.4, -0.2) is 59.6 Å². The molecule has 1 aliphatic heterocycles. The highest BCUT2D eigenvalue weighted by molar-refractivity contribution is 7.98. The van der Waals surface area contributed by atoms with Gasteiger partial charge in [0.1, 0.15) is 5.69 Å². The minimum Gasteiger partial charge on any atom is -0.378 e. The number of thioether (sulfide) groups is 1. The molecule has 152 valence electrons. The number of morpholine rings is 1. The first kappa shape index (κ1) is 19.9. The zero-order valence-electron chi connectivity index (χ0n) is 16.0. The smallest absolute Gasteiger partial charge is 0.274 e. The van der Waals surface area contributed by atoms with Gasteiger partial charge in [-0.3, -0.25) is 9.59 Å². The molecule has 0 aliphatic carbocycles. The maximum atomic E-state index is 12.7. The number of benzene rings is 1. The van der Waals surface area contributed by atoms with Gasteiger partial charge in [0, 0.05) is 30.6 Å². The lowest BCUT2D eigenvalue weighted by Crippen LogP contribution is -2.36. The maximum Gasteiger partial charge on any atom is 0.274 e. The van der Waals surface area contributed by atoms with Crippen LogP contribution in [0.4, 0.5) is 5.13 Å². The summed E-state index contributed by atoms with van der Waals surface area (Å²) in [5, 5.41) is 8.14. The maximum absolute atomic E-state index is 12.7. The van der Waals surface area contributed by atoms with Gasteiger partial charge in [-0.25, -0.2) is 0 Å². The van der Waals surface area contributed by atoms with Gasteiger partial charge in [-0.15, -0.1) is 16.9 Å². The number of fused-ring (bicyclic) bond motifs is 1. The van der Waals surface area contributed by atoms with Crippen molar-refractivity contribution in [2.75, 3.05) is 44.0 Å². The monoisotopic (exact) mass is 431 g/mol. The minimum atomic E-state index is -0.444. The molecule has 1 fully saturated rings. The van der Waals surface area contributed by atoms with E-state index in [1.807, 2.05) is 6.26 Å². The Labute approximate surface area is 175 Å². The summed E-state index contributed by atoms with van der Waals surface area (Å²) in [7, 11) is 0. The summed E-state index contributed by atoms with van der Waals surface area (Å²) in [4.78, 5) is 32.4. The standard InChI is InChI=1S/C19H21N5O3S2/c1-28-14-4-2-13(3-5-14)6-7-20-17(26)15-12-16(25)21-18-24(15)22-19(29-18)23-8-10-27-11-9-23/h2-5,12H,6-11H2,1H3,(H,20,26). The van der Waals surface area contributed by atoms with Crippen LogP contribution in [-0.2, 0) is 11.2 Å². The molecule has 0 saturated carbocycles. The molecule has 0 radical (unpaired) electrons. The average molecular weight is 432 g/mol. The lowest BCUT2D eigenvalue weighted by molar-refractivity contribution is 0.0946. The number of carbonyl (C=O) groups is 1. The first-order valence-corrected chi connectivity index (χ1v) is 11.3. The normalized spacial score (nSPS) is 14.3. The van der Waals surface area contributed by atoms with Crippen LogP contribution < -0.4 is 15.8 Å². The number of hydrogen-bond donors (Lipinski definition) is 1. The van der Waals surface area contributed by atoms with Crippen molar-refractivity contribution >= 4 is 39.1 Å². The summed E-state index contributed by atoms with van der Waals surface area (Å²) in [6.45, 7) is 3.18. The van der Waals surface area contributed by atoms with Crippen LogP contribution in [0.3, 0.4) is 0 Å². The van der Waals surface area contributed by atoms with Crippen LogP contribution in [0, 0.1) is 0 Å². The number of carbonyl (C=O) groups excluding carboxylic acids is 1. The van der Waals surface area contributed by atoms with E-state index in [1.165, 1.54) is 26.8 Å². The van der Waals surface area contributed by atoms with Gasteiger partial charge in [0.15, 0.2) is 0 Å². The first-order chi connectivity index (χ1) is 14.1. The number of hydrogen-bond acceptors (Lipinski definition) is 8. The van der Waals surface area contributed by atoms with Crippen molar-refractivity contribution in [1.82, 2.24) is 19.9 Å². The van der Waals surface area contributed by atoms with Gasteiger partial charge in [-0.2, -0.15) is 9.50 Å². The molecule has 1 saturated heterocycles. The topological polar surface area (TPSA) is 88.8 Å². The molecule has 1 N–H and O–H groups in total. The Morgan fingerprint density at radius 2 is 2.03 bits per heavy atom. The highest BCUT2D eigenvalue weighted by Crippen LogP contribution is 2.23. The van der Waals surface area contributed by atoms with Gasteiger partial charge in [-0.1, -0.05) is 23.5 Å². The van der Waals surface area contributed by atoms with Crippen LogP contribution in [0.25, 0.3) is 4.96 Å². The van der Waals surface area contributed by atoms with Crippen molar-refractivity contribution in [3.63, 3.8) is 0 Å². The quantitative estimate of drug-likeness (QED) is 0.594. The Bertz CT molecular complexity index is 1060. The lowest BCUT2D eigenvalue weighted by Gasteiger charge is -2.25. The predicted molar refractivity (Wildman–Crippen MR) is 114 cm³/mol. The van der Waals surface area contributed by atoms with E-state index >= 15 is 0 Å². The van der Waals surface area contributed by atoms with Gasteiger partial charge >= 0.3 is 0 Å². The highest BCUT2D eigenvalue weighted by Gasteiger charge is 2.20. The molecule has 1 amide bonds. The van der Waals surface area contributed by atoms with Crippen molar-refractivity contribution in [2.45, 2.75) is 11.3 Å². The number of anilines is 1. The third-order valence-electron chi connectivity index (χ3n) is 4.62. The van der Waals surface area contributed by atoms with E-state index in [4.69, 9.17) is 4.74 Å². The van der Waals surface area contributed by atoms with E-state index in [0.717, 1.165) is 23.8 Å². The highest BCUT2D eigenvalue weighted by atomic mass is 32.2. The molecule has 0 spiro atoms. The minimum absolute atomic E-state index is 0.202. The Morgan fingerprint density at radius 1 is 1.28 bits per heavy atom. The summed E-state index contributed by atoms with van der Waals surface area (Å²) in [6, 6.07) is 9.48. The van der Waals surface area contributed by atoms with E-state index in [-0.39, 0.29) is 11.6 Å². The number of nitrogens with zero attached hydrogens (tertiary/aromatic N) is 4. The molecule has 3 aromatic rings. The SMILES string of the molecule is CSc1ccc(CCNC(=O)c2cc(=O)nc3sc(N4CCOCC4)nn23)cc1. The van der Waals surface area contributed by atoms with Crippen LogP contribution in [0.5, 0.6) is 0 Å². The molecule has 4 rings (SSSR count). The van der Waals surface area contributed by atoms with Crippen LogP contribution >= 0.6 is 23.1 Å². The van der Waals surface area contributed by atoms with E-state index in [9.17, 15) is 9.59 Å². The zero-order chi connectivity index (χ0) is 20.2. The van der Waals surface area contributed by atoms with Gasteiger partial charge in [0.25, 0.3) is 11.5 Å². The molecule has 3 heterocycles. The number of aromatic nitrogens is 3. The van der Waals surface area contributed by atoms with Crippen LogP contribution in [0.2, 0.25) is 0 Å². The van der Waals surface area contributed by atoms with Gasteiger partial charge in [0.2, 0.25) is 10.1 Å². The zero-order valence-corrected chi connectivity index (χ0v) is 17.6. The van der Waals surface area contributed by atoms with Crippen molar-refractivity contribution < 1.29 is 9.53 Å². The number of nitrogens with one attached hydrogen (secondary N) is 1. The third kappa shape index (κ3) is 4.60. The van der Waals surface area contributed by atoms with Crippen molar-refractivity contribution in [3.05, 3.63) is 51.9 Å². The summed E-state index contributed by atoms with van der Waals surface area (Å²) in [5.41, 5.74) is 0.900. The molecular weight excluding hydrogens is 410 g/mol. The Hall–Kier alpha value is -2.43. The van der Waals surface area contributed by atoms with E-state index in [0.29, 0.717) is 31.1 Å². The Kier molecular flexibility index (Phi) is 6.12. The average Bonchev–Trinajstić information content (AvgIpc) is 3.18. The van der Waals surface area contributed by atoms with Gasteiger partial charge < -0.3 is 15.0 Å². The Balaban J connectivity index is 1.48.